The van der Waals surface area contributed by atoms with Gasteiger partial charge in [-0.3, -0.25) is 4.98 Å². The Morgan fingerprint density at radius 1 is 1.29 bits per heavy atom. The van der Waals surface area contributed by atoms with Gasteiger partial charge in [0, 0.05) is 48.9 Å². The maximum atomic E-state index is 4.95. The molecule has 1 aliphatic carbocycles. The average molecular weight is 280 g/mol. The van der Waals surface area contributed by atoms with Crippen molar-refractivity contribution in [2.24, 2.45) is 0 Å². The van der Waals surface area contributed by atoms with Crippen molar-refractivity contribution in [3.8, 4) is 11.4 Å². The molecule has 0 unspecified atom stereocenters. The fraction of sp³-hybridized carbons (Fsp3) is 0.471. The van der Waals surface area contributed by atoms with Gasteiger partial charge in [0.05, 0.1) is 11.4 Å². The largest absolute Gasteiger partial charge is 0.312 e. The van der Waals surface area contributed by atoms with Crippen LogP contribution in [0.5, 0.6) is 0 Å². The van der Waals surface area contributed by atoms with Gasteiger partial charge in [0.2, 0.25) is 0 Å². The van der Waals surface area contributed by atoms with Gasteiger partial charge in [0.1, 0.15) is 0 Å². The van der Waals surface area contributed by atoms with E-state index in [0.29, 0.717) is 5.92 Å². The lowest BCUT2D eigenvalue weighted by Crippen LogP contribution is -2.26. The van der Waals surface area contributed by atoms with Crippen molar-refractivity contribution in [1.82, 2.24) is 20.3 Å². The summed E-state index contributed by atoms with van der Waals surface area (Å²) < 4.78 is 0. The third-order valence-electron chi connectivity index (χ3n) is 4.45. The molecule has 4 heteroatoms. The lowest BCUT2D eigenvalue weighted by Gasteiger charge is -2.20. The van der Waals surface area contributed by atoms with E-state index >= 15 is 0 Å². The van der Waals surface area contributed by atoms with Gasteiger partial charge in [-0.05, 0) is 30.9 Å². The fourth-order valence-electron chi connectivity index (χ4n) is 3.11. The van der Waals surface area contributed by atoms with E-state index in [9.17, 15) is 0 Å². The molecule has 0 saturated heterocycles. The third kappa shape index (κ3) is 2.33. The second kappa shape index (κ2) is 5.19. The minimum absolute atomic E-state index is 0.660. The SMILES string of the molecule is CCc1cnccc1-c1nc2c(c(C3CC3)n1)CNCC2. The van der Waals surface area contributed by atoms with E-state index in [2.05, 4.69) is 23.3 Å². The van der Waals surface area contributed by atoms with Crippen LogP contribution in [-0.4, -0.2) is 21.5 Å². The number of hydrogen-bond donors (Lipinski definition) is 1. The number of fused-ring (bicyclic) bond motifs is 1. The van der Waals surface area contributed by atoms with Crippen LogP contribution in [-0.2, 0) is 19.4 Å². The number of rotatable bonds is 3. The summed E-state index contributed by atoms with van der Waals surface area (Å²) in [4.78, 5) is 14.1. The minimum Gasteiger partial charge on any atom is -0.312 e. The molecular formula is C17H20N4. The first kappa shape index (κ1) is 12.9. The summed E-state index contributed by atoms with van der Waals surface area (Å²) in [5.74, 6) is 1.56. The molecule has 108 valence electrons. The summed E-state index contributed by atoms with van der Waals surface area (Å²) in [6.45, 7) is 4.10. The zero-order valence-corrected chi connectivity index (χ0v) is 12.4. The lowest BCUT2D eigenvalue weighted by molar-refractivity contribution is 0.617. The van der Waals surface area contributed by atoms with E-state index in [1.54, 1.807) is 0 Å². The van der Waals surface area contributed by atoms with Crippen LogP contribution < -0.4 is 5.32 Å². The smallest absolute Gasteiger partial charge is 0.160 e. The van der Waals surface area contributed by atoms with E-state index in [-0.39, 0.29) is 0 Å². The van der Waals surface area contributed by atoms with Gasteiger partial charge < -0.3 is 5.32 Å². The number of pyridine rings is 1. The molecule has 0 aromatic carbocycles. The van der Waals surface area contributed by atoms with Gasteiger partial charge in [0.25, 0.3) is 0 Å². The number of aromatic nitrogens is 3. The minimum atomic E-state index is 0.660. The van der Waals surface area contributed by atoms with Crippen molar-refractivity contribution >= 4 is 0 Å². The lowest BCUT2D eigenvalue weighted by atomic mass is 10.0. The first-order valence-corrected chi connectivity index (χ1v) is 7.90. The topological polar surface area (TPSA) is 50.7 Å². The Balaban J connectivity index is 1.87. The molecule has 0 atom stereocenters. The van der Waals surface area contributed by atoms with Crippen LogP contribution in [0.2, 0.25) is 0 Å². The first-order valence-electron chi connectivity index (χ1n) is 7.90. The summed E-state index contributed by atoms with van der Waals surface area (Å²) in [6.07, 6.45) is 8.31. The van der Waals surface area contributed by atoms with Crippen molar-refractivity contribution in [3.05, 3.63) is 41.0 Å². The Morgan fingerprint density at radius 2 is 2.19 bits per heavy atom. The highest BCUT2D eigenvalue weighted by molar-refractivity contribution is 5.60. The van der Waals surface area contributed by atoms with Crippen LogP contribution in [0.3, 0.4) is 0 Å². The van der Waals surface area contributed by atoms with Crippen molar-refractivity contribution < 1.29 is 0 Å². The maximum absolute atomic E-state index is 4.95. The Bertz CT molecular complexity index is 676. The number of nitrogens with zero attached hydrogens (tertiary/aromatic N) is 3. The first-order chi connectivity index (χ1) is 10.4. The highest BCUT2D eigenvalue weighted by Crippen LogP contribution is 2.42. The third-order valence-corrected chi connectivity index (χ3v) is 4.45. The number of hydrogen-bond acceptors (Lipinski definition) is 4. The quantitative estimate of drug-likeness (QED) is 0.939. The molecule has 1 N–H and O–H groups in total. The van der Waals surface area contributed by atoms with Crippen LogP contribution in [0, 0.1) is 0 Å². The van der Waals surface area contributed by atoms with Gasteiger partial charge in [-0.1, -0.05) is 6.92 Å². The molecule has 4 rings (SSSR count). The van der Waals surface area contributed by atoms with Crippen molar-refractivity contribution in [3.63, 3.8) is 0 Å². The molecule has 3 heterocycles. The van der Waals surface area contributed by atoms with Crippen molar-refractivity contribution in [2.45, 2.75) is 45.1 Å². The van der Waals surface area contributed by atoms with Crippen LogP contribution in [0.15, 0.2) is 18.5 Å². The van der Waals surface area contributed by atoms with E-state index < -0.39 is 0 Å². The zero-order valence-electron chi connectivity index (χ0n) is 12.4. The maximum Gasteiger partial charge on any atom is 0.160 e. The zero-order chi connectivity index (χ0) is 14.2. The normalized spacial score (nSPS) is 17.6. The molecule has 2 aliphatic rings. The molecule has 0 radical (unpaired) electrons. The summed E-state index contributed by atoms with van der Waals surface area (Å²) in [7, 11) is 0. The summed E-state index contributed by atoms with van der Waals surface area (Å²) in [5.41, 5.74) is 6.28. The highest BCUT2D eigenvalue weighted by Gasteiger charge is 2.31. The molecule has 1 aliphatic heterocycles. The number of aryl methyl sites for hydroxylation is 1. The van der Waals surface area contributed by atoms with E-state index in [1.807, 2.05) is 12.4 Å². The molecule has 0 amide bonds. The molecule has 4 nitrogen and oxygen atoms in total. The van der Waals surface area contributed by atoms with Gasteiger partial charge in [-0.2, -0.15) is 0 Å². The van der Waals surface area contributed by atoms with Crippen LogP contribution in [0.4, 0.5) is 0 Å². The summed E-state index contributed by atoms with van der Waals surface area (Å²) in [6, 6.07) is 2.05. The molecule has 2 aromatic rings. The Labute approximate surface area is 125 Å². The highest BCUT2D eigenvalue weighted by atomic mass is 15.0. The Hall–Kier alpha value is -1.81. The van der Waals surface area contributed by atoms with Crippen molar-refractivity contribution in [2.75, 3.05) is 6.54 Å². The predicted octanol–water partition coefficient (Wildman–Crippen LogP) is 2.62. The second-order valence-corrected chi connectivity index (χ2v) is 5.95. The molecular weight excluding hydrogens is 260 g/mol. The molecule has 0 spiro atoms. The van der Waals surface area contributed by atoms with Crippen LogP contribution in [0.25, 0.3) is 11.4 Å². The predicted molar refractivity (Wildman–Crippen MR) is 82.0 cm³/mol. The summed E-state index contributed by atoms with van der Waals surface area (Å²) >= 11 is 0. The molecule has 1 saturated carbocycles. The molecule has 21 heavy (non-hydrogen) atoms. The Kier molecular flexibility index (Phi) is 3.19. The van der Waals surface area contributed by atoms with Gasteiger partial charge in [-0.25, -0.2) is 9.97 Å². The standard InChI is InChI=1S/C17H20N4/c1-2-11-9-18-7-5-13(11)17-20-15-6-8-19-10-14(15)16(21-17)12-3-4-12/h5,7,9,12,19H,2-4,6,8,10H2,1H3. The van der Waals surface area contributed by atoms with E-state index in [4.69, 9.17) is 9.97 Å². The van der Waals surface area contributed by atoms with Gasteiger partial charge >= 0.3 is 0 Å². The molecule has 2 aromatic heterocycles. The number of nitrogens with one attached hydrogen (secondary N) is 1. The fourth-order valence-corrected chi connectivity index (χ4v) is 3.11. The van der Waals surface area contributed by atoms with Crippen LogP contribution in [0.1, 0.15) is 48.2 Å². The second-order valence-electron chi connectivity index (χ2n) is 5.95. The van der Waals surface area contributed by atoms with E-state index in [0.717, 1.165) is 37.3 Å². The average Bonchev–Trinajstić information content (AvgIpc) is 3.38. The van der Waals surface area contributed by atoms with Gasteiger partial charge in [0.15, 0.2) is 5.82 Å². The molecule has 0 bridgehead atoms. The van der Waals surface area contributed by atoms with E-state index in [1.165, 1.54) is 35.4 Å². The summed E-state index contributed by atoms with van der Waals surface area (Å²) in [5, 5.41) is 3.46. The molecule has 1 fully saturated rings. The monoisotopic (exact) mass is 280 g/mol. The van der Waals surface area contributed by atoms with Crippen molar-refractivity contribution in [1.29, 1.82) is 0 Å². The van der Waals surface area contributed by atoms with Gasteiger partial charge in [-0.15, -0.1) is 0 Å². The Morgan fingerprint density at radius 3 is 3.00 bits per heavy atom. The van der Waals surface area contributed by atoms with Crippen LogP contribution >= 0.6 is 0 Å².